The molecule has 6 heteroatoms. The van der Waals surface area contributed by atoms with E-state index in [-0.39, 0.29) is 0 Å². The summed E-state index contributed by atoms with van der Waals surface area (Å²) in [5.41, 5.74) is 4.64. The molecule has 25 heavy (non-hydrogen) atoms. The van der Waals surface area contributed by atoms with Gasteiger partial charge in [-0.3, -0.25) is 0 Å². The van der Waals surface area contributed by atoms with Gasteiger partial charge in [0.2, 0.25) is 0 Å². The molecule has 5 nitrogen and oxygen atoms in total. The van der Waals surface area contributed by atoms with Gasteiger partial charge in [0, 0.05) is 35.5 Å². The van der Waals surface area contributed by atoms with Gasteiger partial charge in [-0.1, -0.05) is 0 Å². The van der Waals surface area contributed by atoms with Crippen LogP contribution in [0.5, 0.6) is 0 Å². The Hall–Kier alpha value is -2.05. The second-order valence-corrected chi connectivity index (χ2v) is 7.36. The first-order valence-electron chi connectivity index (χ1n) is 8.71. The number of ether oxygens (including phenoxy) is 1. The van der Waals surface area contributed by atoms with Crippen molar-refractivity contribution in [3.63, 3.8) is 0 Å². The van der Waals surface area contributed by atoms with Crippen LogP contribution in [0.2, 0.25) is 0 Å². The first kappa shape index (κ1) is 16.4. The SMILES string of the molecule is Cc1cc(-c2csc(NC[C@@H]3CCCO3)n2)c(C)n1Cc1ccco1. The van der Waals surface area contributed by atoms with Crippen LogP contribution < -0.4 is 5.32 Å². The monoisotopic (exact) mass is 357 g/mol. The Balaban J connectivity index is 1.50. The topological polar surface area (TPSA) is 52.2 Å². The number of nitrogens with one attached hydrogen (secondary N) is 1. The molecular weight excluding hydrogens is 334 g/mol. The Morgan fingerprint density at radius 2 is 2.32 bits per heavy atom. The van der Waals surface area contributed by atoms with Gasteiger partial charge in [-0.2, -0.15) is 0 Å². The molecule has 4 rings (SSSR count). The second kappa shape index (κ2) is 7.06. The summed E-state index contributed by atoms with van der Waals surface area (Å²) < 4.78 is 13.4. The molecule has 0 aromatic carbocycles. The molecule has 0 amide bonds. The first-order chi connectivity index (χ1) is 12.2. The molecule has 1 aliphatic heterocycles. The molecule has 0 saturated carbocycles. The maximum Gasteiger partial charge on any atom is 0.183 e. The third kappa shape index (κ3) is 3.50. The fourth-order valence-electron chi connectivity index (χ4n) is 3.35. The van der Waals surface area contributed by atoms with Crippen LogP contribution in [0.1, 0.15) is 30.0 Å². The maximum atomic E-state index is 5.66. The highest BCUT2D eigenvalue weighted by Crippen LogP contribution is 2.30. The van der Waals surface area contributed by atoms with Gasteiger partial charge in [0.1, 0.15) is 5.76 Å². The number of furan rings is 1. The average molecular weight is 357 g/mol. The quantitative estimate of drug-likeness (QED) is 0.708. The molecule has 0 radical (unpaired) electrons. The van der Waals surface area contributed by atoms with Gasteiger partial charge in [-0.25, -0.2) is 4.98 Å². The Morgan fingerprint density at radius 1 is 1.40 bits per heavy atom. The minimum atomic E-state index is 0.325. The average Bonchev–Trinajstić information content (AvgIpc) is 3.38. The van der Waals surface area contributed by atoms with Gasteiger partial charge in [0.15, 0.2) is 5.13 Å². The standard InChI is InChI=1S/C19H23N3O2S/c1-13-9-17(14(2)22(13)11-16-6-4-8-24-16)18-12-25-19(21-18)20-10-15-5-3-7-23-15/h4,6,8-9,12,15H,3,5,7,10-11H2,1-2H3,(H,20,21)/t15-/m0/s1. The van der Waals surface area contributed by atoms with E-state index in [1.807, 2.05) is 12.1 Å². The normalized spacial score (nSPS) is 17.3. The number of aryl methyl sites for hydroxylation is 1. The third-order valence-corrected chi connectivity index (χ3v) is 5.55. The van der Waals surface area contributed by atoms with E-state index in [2.05, 4.69) is 35.2 Å². The van der Waals surface area contributed by atoms with Crippen molar-refractivity contribution in [2.45, 2.75) is 39.3 Å². The highest BCUT2D eigenvalue weighted by molar-refractivity contribution is 7.14. The van der Waals surface area contributed by atoms with Crippen molar-refractivity contribution in [1.82, 2.24) is 9.55 Å². The van der Waals surface area contributed by atoms with Gasteiger partial charge in [0.05, 0.1) is 24.6 Å². The smallest absolute Gasteiger partial charge is 0.183 e. The van der Waals surface area contributed by atoms with Crippen molar-refractivity contribution in [2.75, 3.05) is 18.5 Å². The molecule has 1 fully saturated rings. The summed E-state index contributed by atoms with van der Waals surface area (Å²) in [5, 5.41) is 6.50. The molecule has 1 saturated heterocycles. The van der Waals surface area contributed by atoms with Crippen LogP contribution in [-0.4, -0.2) is 28.8 Å². The van der Waals surface area contributed by atoms with Crippen molar-refractivity contribution in [1.29, 1.82) is 0 Å². The van der Waals surface area contributed by atoms with Crippen molar-refractivity contribution in [3.05, 3.63) is 47.0 Å². The molecular formula is C19H23N3O2S. The molecule has 0 unspecified atom stereocenters. The van der Waals surface area contributed by atoms with Gasteiger partial charge < -0.3 is 19.0 Å². The van der Waals surface area contributed by atoms with Gasteiger partial charge in [-0.15, -0.1) is 11.3 Å². The number of nitrogens with zero attached hydrogens (tertiary/aromatic N) is 2. The second-order valence-electron chi connectivity index (χ2n) is 6.50. The largest absolute Gasteiger partial charge is 0.467 e. The van der Waals surface area contributed by atoms with E-state index in [9.17, 15) is 0 Å². The zero-order chi connectivity index (χ0) is 17.2. The molecule has 0 spiro atoms. The summed E-state index contributed by atoms with van der Waals surface area (Å²) in [7, 11) is 0. The van der Waals surface area contributed by atoms with Crippen molar-refractivity contribution < 1.29 is 9.15 Å². The number of anilines is 1. The molecule has 1 aliphatic rings. The first-order valence-corrected chi connectivity index (χ1v) is 9.59. The zero-order valence-corrected chi connectivity index (χ0v) is 15.4. The molecule has 3 aromatic heterocycles. The van der Waals surface area contributed by atoms with E-state index in [0.29, 0.717) is 6.10 Å². The van der Waals surface area contributed by atoms with Crippen LogP contribution in [0.3, 0.4) is 0 Å². The molecule has 1 atom stereocenters. The van der Waals surface area contributed by atoms with Crippen LogP contribution in [0.15, 0.2) is 34.3 Å². The summed E-state index contributed by atoms with van der Waals surface area (Å²) in [6.07, 6.45) is 4.35. The minimum absolute atomic E-state index is 0.325. The molecule has 0 aliphatic carbocycles. The van der Waals surface area contributed by atoms with Crippen molar-refractivity contribution >= 4 is 16.5 Å². The summed E-state index contributed by atoms with van der Waals surface area (Å²) in [4.78, 5) is 4.77. The predicted molar refractivity (Wildman–Crippen MR) is 100 cm³/mol. The van der Waals surface area contributed by atoms with Crippen LogP contribution in [0, 0.1) is 13.8 Å². The molecule has 4 heterocycles. The molecule has 1 N–H and O–H groups in total. The van der Waals surface area contributed by atoms with Gasteiger partial charge >= 0.3 is 0 Å². The molecule has 3 aromatic rings. The number of rotatable bonds is 6. The van der Waals surface area contributed by atoms with E-state index in [1.165, 1.54) is 17.0 Å². The van der Waals surface area contributed by atoms with Gasteiger partial charge in [-0.05, 0) is 44.9 Å². The number of hydrogen-bond donors (Lipinski definition) is 1. The summed E-state index contributed by atoms with van der Waals surface area (Å²) in [6, 6.07) is 6.14. The maximum absolute atomic E-state index is 5.66. The lowest BCUT2D eigenvalue weighted by molar-refractivity contribution is 0.120. The van der Waals surface area contributed by atoms with Crippen LogP contribution in [0.25, 0.3) is 11.3 Å². The minimum Gasteiger partial charge on any atom is -0.467 e. The number of hydrogen-bond acceptors (Lipinski definition) is 5. The van der Waals surface area contributed by atoms with E-state index in [1.54, 1.807) is 17.6 Å². The Morgan fingerprint density at radius 3 is 3.08 bits per heavy atom. The number of thiazole rings is 1. The zero-order valence-electron chi connectivity index (χ0n) is 14.6. The third-order valence-electron chi connectivity index (χ3n) is 4.75. The van der Waals surface area contributed by atoms with Crippen LogP contribution >= 0.6 is 11.3 Å². The van der Waals surface area contributed by atoms with E-state index in [0.717, 1.165) is 49.1 Å². The fourth-order valence-corrected chi connectivity index (χ4v) is 4.07. The molecule has 132 valence electrons. The van der Waals surface area contributed by atoms with E-state index >= 15 is 0 Å². The van der Waals surface area contributed by atoms with Gasteiger partial charge in [0.25, 0.3) is 0 Å². The Labute approximate surface area is 151 Å². The van der Waals surface area contributed by atoms with E-state index in [4.69, 9.17) is 14.1 Å². The van der Waals surface area contributed by atoms with Crippen molar-refractivity contribution in [3.8, 4) is 11.3 Å². The Kier molecular flexibility index (Phi) is 4.63. The summed E-state index contributed by atoms with van der Waals surface area (Å²) in [6.45, 7) is 6.74. The lowest BCUT2D eigenvalue weighted by Gasteiger charge is -2.09. The fraction of sp³-hybridized carbons (Fsp3) is 0.421. The van der Waals surface area contributed by atoms with Crippen LogP contribution in [-0.2, 0) is 11.3 Å². The highest BCUT2D eigenvalue weighted by Gasteiger charge is 2.17. The summed E-state index contributed by atoms with van der Waals surface area (Å²) in [5.74, 6) is 0.963. The van der Waals surface area contributed by atoms with Crippen molar-refractivity contribution in [2.24, 2.45) is 0 Å². The Bertz CT molecular complexity index is 829. The predicted octanol–water partition coefficient (Wildman–Crippen LogP) is 4.46. The summed E-state index contributed by atoms with van der Waals surface area (Å²) >= 11 is 1.65. The highest BCUT2D eigenvalue weighted by atomic mass is 32.1. The van der Waals surface area contributed by atoms with Crippen LogP contribution in [0.4, 0.5) is 5.13 Å². The lowest BCUT2D eigenvalue weighted by atomic mass is 10.2. The van der Waals surface area contributed by atoms with E-state index < -0.39 is 0 Å². The lowest BCUT2D eigenvalue weighted by Crippen LogP contribution is -2.18. The molecule has 0 bridgehead atoms. The number of aromatic nitrogens is 2.